The van der Waals surface area contributed by atoms with E-state index in [1.807, 2.05) is 13.0 Å². The molecule has 9 heteroatoms. The Hall–Kier alpha value is -2.07. The highest BCUT2D eigenvalue weighted by Crippen LogP contribution is 2.35. The number of hydrogen-bond donors (Lipinski definition) is 2. The summed E-state index contributed by atoms with van der Waals surface area (Å²) in [6.07, 6.45) is -2.43. The molecule has 4 nitrogen and oxygen atoms in total. The Bertz CT molecular complexity index is 1340. The monoisotopic (exact) mass is 652 g/mol. The third-order valence-electron chi connectivity index (χ3n) is 7.38. The Morgan fingerprint density at radius 2 is 1.37 bits per heavy atom. The van der Waals surface area contributed by atoms with Gasteiger partial charge >= 0.3 is 6.18 Å². The van der Waals surface area contributed by atoms with Crippen molar-refractivity contribution in [1.29, 1.82) is 0 Å². The number of rotatable bonds is 2. The van der Waals surface area contributed by atoms with Gasteiger partial charge in [-0.3, -0.25) is 4.90 Å². The molecule has 0 fully saturated rings. The van der Waals surface area contributed by atoms with Crippen molar-refractivity contribution in [1.82, 2.24) is 9.80 Å². The smallest absolute Gasteiger partial charge is 0.398 e. The van der Waals surface area contributed by atoms with Crippen molar-refractivity contribution in [2.45, 2.75) is 52.5 Å². The Labute approximate surface area is 239 Å². The quantitative estimate of drug-likeness (QED) is 0.286. The first-order chi connectivity index (χ1) is 17.8. The van der Waals surface area contributed by atoms with Crippen LogP contribution in [-0.2, 0) is 38.7 Å². The van der Waals surface area contributed by atoms with Gasteiger partial charge in [-0.05, 0) is 90.9 Å². The van der Waals surface area contributed by atoms with Crippen molar-refractivity contribution in [2.24, 2.45) is 0 Å². The number of alkyl halides is 3. The van der Waals surface area contributed by atoms with Crippen LogP contribution in [0, 0.1) is 13.8 Å². The molecular formula is C29H33Br2F3N4. The highest BCUT2D eigenvalue weighted by molar-refractivity contribution is 9.10. The lowest BCUT2D eigenvalue weighted by Crippen LogP contribution is -2.31. The Morgan fingerprint density at radius 1 is 0.816 bits per heavy atom. The lowest BCUT2D eigenvalue weighted by atomic mass is 9.95. The molecular weight excluding hydrogens is 621 g/mol. The van der Waals surface area contributed by atoms with Crippen molar-refractivity contribution >= 4 is 43.2 Å². The highest BCUT2D eigenvalue weighted by Gasteiger charge is 2.30. The van der Waals surface area contributed by atoms with Gasteiger partial charge in [0.1, 0.15) is 0 Å². The van der Waals surface area contributed by atoms with Crippen LogP contribution in [-0.4, -0.2) is 29.9 Å². The predicted octanol–water partition coefficient (Wildman–Crippen LogP) is 7.24. The number of fused-ring (bicyclic) bond motifs is 2. The molecule has 0 aromatic heterocycles. The number of likely N-dealkylation sites (N-methyl/N-ethyl adjacent to an activating group) is 1. The van der Waals surface area contributed by atoms with E-state index in [1.54, 1.807) is 6.07 Å². The third-order valence-corrected chi connectivity index (χ3v) is 8.80. The lowest BCUT2D eigenvalue weighted by Gasteiger charge is -2.31. The van der Waals surface area contributed by atoms with Crippen molar-refractivity contribution in [2.75, 3.05) is 31.6 Å². The highest BCUT2D eigenvalue weighted by atomic mass is 79.9. The maximum atomic E-state index is 12.8. The topological polar surface area (TPSA) is 58.5 Å². The lowest BCUT2D eigenvalue weighted by molar-refractivity contribution is -0.137. The van der Waals surface area contributed by atoms with Crippen LogP contribution in [0.25, 0.3) is 0 Å². The molecule has 0 amide bonds. The molecule has 38 heavy (non-hydrogen) atoms. The molecule has 2 aliphatic heterocycles. The number of hydrogen-bond acceptors (Lipinski definition) is 4. The second-order valence-electron chi connectivity index (χ2n) is 10.2. The van der Waals surface area contributed by atoms with Gasteiger partial charge in [0.05, 0.1) is 5.56 Å². The van der Waals surface area contributed by atoms with Gasteiger partial charge in [-0.1, -0.05) is 50.1 Å². The first-order valence-electron chi connectivity index (χ1n) is 12.5. The maximum Gasteiger partial charge on any atom is 0.416 e. The van der Waals surface area contributed by atoms with Crippen LogP contribution in [0.1, 0.15) is 44.5 Å². The van der Waals surface area contributed by atoms with Crippen LogP contribution in [0.3, 0.4) is 0 Å². The predicted molar refractivity (Wildman–Crippen MR) is 156 cm³/mol. The minimum absolute atomic E-state index is 0.490. The van der Waals surface area contributed by atoms with E-state index in [0.29, 0.717) is 18.7 Å². The Kier molecular flexibility index (Phi) is 8.81. The summed E-state index contributed by atoms with van der Waals surface area (Å²) in [5.41, 5.74) is 21.4. The molecule has 2 heterocycles. The molecule has 0 unspecified atom stereocenters. The molecule has 0 aliphatic carbocycles. The summed E-state index contributed by atoms with van der Waals surface area (Å²) in [6, 6.07) is 9.66. The third kappa shape index (κ3) is 6.38. The van der Waals surface area contributed by atoms with Gasteiger partial charge in [0.2, 0.25) is 0 Å². The number of anilines is 2. The summed E-state index contributed by atoms with van der Waals surface area (Å²) in [5.74, 6) is 0. The summed E-state index contributed by atoms with van der Waals surface area (Å²) >= 11 is 7.20. The fourth-order valence-electron chi connectivity index (χ4n) is 5.18. The minimum atomic E-state index is -4.31. The maximum absolute atomic E-state index is 12.8. The molecule has 0 spiro atoms. The number of nitrogen functional groups attached to an aromatic ring is 2. The second kappa shape index (κ2) is 11.6. The number of nitrogens with zero attached hydrogens (tertiary/aromatic N) is 2. The van der Waals surface area contributed by atoms with E-state index in [-0.39, 0.29) is 0 Å². The second-order valence-corrected chi connectivity index (χ2v) is 11.9. The first-order valence-corrected chi connectivity index (χ1v) is 14.1. The molecule has 0 saturated carbocycles. The zero-order valence-electron chi connectivity index (χ0n) is 21.9. The summed E-state index contributed by atoms with van der Waals surface area (Å²) in [6.45, 7) is 8.10. The summed E-state index contributed by atoms with van der Waals surface area (Å²) < 4.78 is 40.7. The molecule has 4 N–H and O–H groups in total. The molecule has 0 bridgehead atoms. The standard InChI is InChI=1S/C18H18BrF3N2.C11H15BrN2/c1-11-7-16(19)15-10-24(6-5-14(15)17(11)23)9-12-3-2-4-13(8-12)18(20,21)22;1-7-5-10(12)9-6-14(2)4-3-8(9)11(7)13/h2-4,7-8H,5-6,9-10,23H2,1H3;5H,3-4,6,13H2,1-2H3. The van der Waals surface area contributed by atoms with Gasteiger partial charge in [-0.15, -0.1) is 0 Å². The fraction of sp³-hybridized carbons (Fsp3) is 0.379. The molecule has 3 aromatic carbocycles. The first kappa shape index (κ1) is 28.9. The molecule has 204 valence electrons. The van der Waals surface area contributed by atoms with E-state index >= 15 is 0 Å². The van der Waals surface area contributed by atoms with E-state index in [4.69, 9.17) is 11.5 Å². The van der Waals surface area contributed by atoms with E-state index < -0.39 is 11.7 Å². The summed E-state index contributed by atoms with van der Waals surface area (Å²) in [4.78, 5) is 4.47. The SMILES string of the molecule is Cc1cc(Br)c2c(c1N)CCN(C)C2.Cc1cc(Br)c2c(c1N)CCN(Cc1cccc(C(F)(F)F)c1)C2. The largest absolute Gasteiger partial charge is 0.416 e. The van der Waals surface area contributed by atoms with E-state index in [2.05, 4.69) is 61.7 Å². The van der Waals surface area contributed by atoms with Crippen molar-refractivity contribution in [3.8, 4) is 0 Å². The van der Waals surface area contributed by atoms with Crippen molar-refractivity contribution < 1.29 is 13.2 Å². The van der Waals surface area contributed by atoms with E-state index in [1.165, 1.54) is 33.3 Å². The van der Waals surface area contributed by atoms with Crippen LogP contribution in [0.2, 0.25) is 0 Å². The number of halogens is 5. The number of benzene rings is 3. The average molecular weight is 654 g/mol. The van der Waals surface area contributed by atoms with Crippen molar-refractivity contribution in [3.63, 3.8) is 0 Å². The van der Waals surface area contributed by atoms with Gasteiger partial charge in [0.25, 0.3) is 0 Å². The Balaban J connectivity index is 0.000000204. The average Bonchev–Trinajstić information content (AvgIpc) is 2.86. The van der Waals surface area contributed by atoms with Crippen LogP contribution < -0.4 is 11.5 Å². The molecule has 3 aromatic rings. The minimum Gasteiger partial charge on any atom is -0.398 e. The summed E-state index contributed by atoms with van der Waals surface area (Å²) in [7, 11) is 2.14. The van der Waals surface area contributed by atoms with Gasteiger partial charge < -0.3 is 16.4 Å². The Morgan fingerprint density at radius 3 is 1.95 bits per heavy atom. The van der Waals surface area contributed by atoms with Crippen molar-refractivity contribution in [3.05, 3.63) is 89.9 Å². The van der Waals surface area contributed by atoms with Gasteiger partial charge in [0.15, 0.2) is 0 Å². The van der Waals surface area contributed by atoms with Crippen LogP contribution in [0.5, 0.6) is 0 Å². The van der Waals surface area contributed by atoms with Crippen LogP contribution >= 0.6 is 31.9 Å². The molecule has 0 radical (unpaired) electrons. The summed E-state index contributed by atoms with van der Waals surface area (Å²) in [5, 5.41) is 0. The zero-order chi connectivity index (χ0) is 27.8. The normalized spacial score (nSPS) is 15.9. The number of aryl methyl sites for hydroxylation is 2. The fourth-order valence-corrected chi connectivity index (χ4v) is 6.59. The van der Waals surface area contributed by atoms with Gasteiger partial charge in [-0.25, -0.2) is 0 Å². The van der Waals surface area contributed by atoms with Gasteiger partial charge in [0, 0.05) is 53.0 Å². The van der Waals surface area contributed by atoms with E-state index in [0.717, 1.165) is 71.1 Å². The van der Waals surface area contributed by atoms with E-state index in [9.17, 15) is 13.2 Å². The number of nitrogens with two attached hydrogens (primary N) is 2. The van der Waals surface area contributed by atoms with Crippen LogP contribution in [0.4, 0.5) is 24.5 Å². The molecule has 2 aliphatic rings. The van der Waals surface area contributed by atoms with Gasteiger partial charge in [-0.2, -0.15) is 13.2 Å². The molecule has 0 saturated heterocycles. The molecule has 0 atom stereocenters. The zero-order valence-corrected chi connectivity index (χ0v) is 25.0. The van der Waals surface area contributed by atoms with Crippen LogP contribution in [0.15, 0.2) is 45.3 Å². The molecule has 5 rings (SSSR count).